The molecule has 0 aliphatic carbocycles. The van der Waals surface area contributed by atoms with Crippen LogP contribution in [0.15, 0.2) is 35.2 Å². The van der Waals surface area contributed by atoms with Crippen molar-refractivity contribution in [2.24, 2.45) is 5.92 Å². The Morgan fingerprint density at radius 3 is 2.55 bits per heavy atom. The summed E-state index contributed by atoms with van der Waals surface area (Å²) in [4.78, 5) is 27.1. The molecule has 1 N–H and O–H groups in total. The molecule has 10 nitrogen and oxygen atoms in total. The topological polar surface area (TPSA) is 128 Å². The van der Waals surface area contributed by atoms with Crippen LogP contribution < -0.4 is 10.2 Å². The van der Waals surface area contributed by atoms with Crippen LogP contribution in [0.2, 0.25) is 0 Å². The summed E-state index contributed by atoms with van der Waals surface area (Å²) in [6.45, 7) is 6.65. The fourth-order valence-electron chi connectivity index (χ4n) is 3.84. The van der Waals surface area contributed by atoms with E-state index in [1.165, 1.54) is 21.3 Å². The second kappa shape index (κ2) is 10.1. The summed E-state index contributed by atoms with van der Waals surface area (Å²) in [5, 5.41) is 15.9. The Balaban J connectivity index is 1.70. The molecule has 0 bridgehead atoms. The fourth-order valence-corrected chi connectivity index (χ4v) is 5.30. The number of nitriles is 1. The van der Waals surface area contributed by atoms with Crippen LogP contribution in [0.25, 0.3) is 0 Å². The Morgan fingerprint density at radius 1 is 1.27 bits per heavy atom. The second-order valence-electron chi connectivity index (χ2n) is 7.78. The zero-order chi connectivity index (χ0) is 24.2. The van der Waals surface area contributed by atoms with Gasteiger partial charge in [0.1, 0.15) is 5.82 Å². The van der Waals surface area contributed by atoms with Gasteiger partial charge in [0.15, 0.2) is 0 Å². The number of aromatic nitrogens is 2. The van der Waals surface area contributed by atoms with Gasteiger partial charge >= 0.3 is 0 Å². The van der Waals surface area contributed by atoms with Crippen LogP contribution in [-0.4, -0.2) is 54.0 Å². The maximum Gasteiger partial charge on any atom is 0.243 e. The van der Waals surface area contributed by atoms with Crippen LogP contribution in [-0.2, 0) is 26.2 Å². The largest absolute Gasteiger partial charge is 0.312 e. The SMILES string of the molecule is CCN(CC)S(=O)(=O)c1ccc(N2CC(C(=O)Nc3cc(C)nn3CCC#N)CC2=O)cc1. The first-order valence-electron chi connectivity index (χ1n) is 10.8. The van der Waals surface area contributed by atoms with Crippen molar-refractivity contribution in [2.75, 3.05) is 29.9 Å². The number of carbonyl (C=O) groups is 2. The van der Waals surface area contributed by atoms with Gasteiger partial charge in [-0.1, -0.05) is 13.8 Å². The van der Waals surface area contributed by atoms with Crippen molar-refractivity contribution in [3.05, 3.63) is 36.0 Å². The minimum Gasteiger partial charge on any atom is -0.312 e. The number of nitrogens with zero attached hydrogens (tertiary/aromatic N) is 5. The van der Waals surface area contributed by atoms with E-state index in [2.05, 4.69) is 16.5 Å². The maximum absolute atomic E-state index is 12.8. The second-order valence-corrected chi connectivity index (χ2v) is 9.72. The third-order valence-corrected chi connectivity index (χ3v) is 7.64. The van der Waals surface area contributed by atoms with Crippen molar-refractivity contribution >= 4 is 33.3 Å². The summed E-state index contributed by atoms with van der Waals surface area (Å²) in [6, 6.07) is 9.93. The molecule has 0 spiro atoms. The summed E-state index contributed by atoms with van der Waals surface area (Å²) >= 11 is 0. The van der Waals surface area contributed by atoms with Gasteiger partial charge in [0.25, 0.3) is 0 Å². The molecule has 0 saturated carbocycles. The van der Waals surface area contributed by atoms with Crippen molar-refractivity contribution in [3.8, 4) is 6.07 Å². The Labute approximate surface area is 193 Å². The van der Waals surface area contributed by atoms with Crippen LogP contribution in [0.4, 0.5) is 11.5 Å². The van der Waals surface area contributed by atoms with Gasteiger partial charge in [0.2, 0.25) is 21.8 Å². The Kier molecular flexibility index (Phi) is 7.50. The van der Waals surface area contributed by atoms with Crippen molar-refractivity contribution in [2.45, 2.75) is 45.1 Å². The molecule has 1 unspecified atom stereocenters. The molecule has 1 aromatic carbocycles. The average molecular weight is 473 g/mol. The highest BCUT2D eigenvalue weighted by Gasteiger charge is 2.35. The molecule has 2 amide bonds. The Hall–Kier alpha value is -3.23. The fraction of sp³-hybridized carbons (Fsp3) is 0.455. The molecule has 176 valence electrons. The zero-order valence-corrected chi connectivity index (χ0v) is 19.8. The number of nitrogens with one attached hydrogen (secondary N) is 1. The third-order valence-electron chi connectivity index (χ3n) is 5.58. The molecule has 1 aromatic heterocycles. The summed E-state index contributed by atoms with van der Waals surface area (Å²) < 4.78 is 28.3. The molecule has 11 heteroatoms. The molecular formula is C22H28N6O4S. The molecule has 2 heterocycles. The lowest BCUT2D eigenvalue weighted by atomic mass is 10.1. The summed E-state index contributed by atoms with van der Waals surface area (Å²) in [5.74, 6) is -0.575. The first kappa shape index (κ1) is 24.4. The number of hydrogen-bond donors (Lipinski definition) is 1. The highest BCUT2D eigenvalue weighted by Crippen LogP contribution is 2.28. The minimum absolute atomic E-state index is 0.0522. The van der Waals surface area contributed by atoms with Crippen molar-refractivity contribution < 1.29 is 18.0 Å². The van der Waals surface area contributed by atoms with Gasteiger partial charge in [-0.3, -0.25) is 9.59 Å². The highest BCUT2D eigenvalue weighted by atomic mass is 32.2. The lowest BCUT2D eigenvalue weighted by molar-refractivity contribution is -0.122. The predicted octanol–water partition coefficient (Wildman–Crippen LogP) is 2.13. The molecule has 1 atom stereocenters. The van der Waals surface area contributed by atoms with Gasteiger partial charge in [-0.2, -0.15) is 14.7 Å². The smallest absolute Gasteiger partial charge is 0.243 e. The van der Waals surface area contributed by atoms with Crippen LogP contribution in [0, 0.1) is 24.2 Å². The van der Waals surface area contributed by atoms with Gasteiger partial charge in [-0.25, -0.2) is 13.1 Å². The van der Waals surface area contributed by atoms with E-state index in [1.807, 2.05) is 0 Å². The van der Waals surface area contributed by atoms with E-state index < -0.39 is 15.9 Å². The van der Waals surface area contributed by atoms with E-state index >= 15 is 0 Å². The van der Waals surface area contributed by atoms with Crippen LogP contribution in [0.3, 0.4) is 0 Å². The lowest BCUT2D eigenvalue weighted by Gasteiger charge is -2.20. The van der Waals surface area contributed by atoms with Crippen molar-refractivity contribution in [1.82, 2.24) is 14.1 Å². The van der Waals surface area contributed by atoms with E-state index in [4.69, 9.17) is 5.26 Å². The molecule has 2 aromatic rings. The zero-order valence-electron chi connectivity index (χ0n) is 19.0. The first-order valence-corrected chi connectivity index (χ1v) is 12.3. The molecule has 0 radical (unpaired) electrons. The number of aryl methyl sites for hydroxylation is 2. The Bertz CT molecular complexity index is 1160. The number of anilines is 2. The highest BCUT2D eigenvalue weighted by molar-refractivity contribution is 7.89. The molecule has 3 rings (SSSR count). The predicted molar refractivity (Wildman–Crippen MR) is 123 cm³/mol. The number of benzene rings is 1. The Morgan fingerprint density at radius 2 is 1.94 bits per heavy atom. The standard InChI is InChI=1S/C22H28N6O4S/c1-4-26(5-2)33(31,32)19-9-7-18(8-10-19)27-15-17(14-21(27)29)22(30)24-20-13-16(3)25-28(20)12-6-11-23/h7-10,13,17H,4-6,12,14-15H2,1-3H3,(H,24,30). The number of rotatable bonds is 9. The first-order chi connectivity index (χ1) is 15.7. The van der Waals surface area contributed by atoms with Crippen molar-refractivity contribution in [1.29, 1.82) is 5.26 Å². The van der Waals surface area contributed by atoms with Gasteiger partial charge in [0.05, 0.1) is 35.5 Å². The van der Waals surface area contributed by atoms with Gasteiger partial charge < -0.3 is 10.2 Å². The van der Waals surface area contributed by atoms with E-state index in [0.29, 0.717) is 36.8 Å². The number of sulfonamides is 1. The van der Waals surface area contributed by atoms with Crippen LogP contribution in [0.1, 0.15) is 32.4 Å². The molecule has 33 heavy (non-hydrogen) atoms. The average Bonchev–Trinajstić information content (AvgIpc) is 3.34. The quantitative estimate of drug-likeness (QED) is 0.595. The van der Waals surface area contributed by atoms with E-state index in [0.717, 1.165) is 0 Å². The summed E-state index contributed by atoms with van der Waals surface area (Å²) in [5.41, 5.74) is 1.26. The van der Waals surface area contributed by atoms with Crippen molar-refractivity contribution in [3.63, 3.8) is 0 Å². The molecule has 1 aliphatic rings. The molecule has 1 fully saturated rings. The lowest BCUT2D eigenvalue weighted by Crippen LogP contribution is -2.31. The third kappa shape index (κ3) is 5.23. The van der Waals surface area contributed by atoms with Gasteiger partial charge in [-0.05, 0) is 31.2 Å². The molecule has 1 saturated heterocycles. The number of hydrogen-bond acceptors (Lipinski definition) is 6. The van der Waals surface area contributed by atoms with E-state index in [-0.39, 0.29) is 36.1 Å². The van der Waals surface area contributed by atoms with Crippen LogP contribution in [0.5, 0.6) is 0 Å². The van der Waals surface area contributed by atoms with Gasteiger partial charge in [-0.15, -0.1) is 0 Å². The number of carbonyl (C=O) groups excluding carboxylic acids is 2. The monoisotopic (exact) mass is 472 g/mol. The van der Waals surface area contributed by atoms with E-state index in [1.54, 1.807) is 43.7 Å². The minimum atomic E-state index is -3.59. The number of amides is 2. The molecule has 1 aliphatic heterocycles. The normalized spacial score (nSPS) is 16.3. The molecular weight excluding hydrogens is 444 g/mol. The summed E-state index contributed by atoms with van der Waals surface area (Å²) in [7, 11) is -3.59. The maximum atomic E-state index is 12.8. The van der Waals surface area contributed by atoms with Crippen LogP contribution >= 0.6 is 0 Å². The summed E-state index contributed by atoms with van der Waals surface area (Å²) in [6.07, 6.45) is 0.316. The van der Waals surface area contributed by atoms with E-state index in [9.17, 15) is 18.0 Å². The van der Waals surface area contributed by atoms with Gasteiger partial charge in [0, 0.05) is 37.8 Å².